The molecule has 3 N–H and O–H groups in total. The van der Waals surface area contributed by atoms with E-state index in [2.05, 4.69) is 20.9 Å². The van der Waals surface area contributed by atoms with E-state index in [1.807, 2.05) is 25.1 Å². The van der Waals surface area contributed by atoms with Crippen LogP contribution in [0.5, 0.6) is 11.5 Å². The van der Waals surface area contributed by atoms with Crippen LogP contribution >= 0.6 is 0 Å². The molecule has 0 bridgehead atoms. The molecule has 0 radical (unpaired) electrons. The fourth-order valence-electron chi connectivity index (χ4n) is 4.18. The lowest BCUT2D eigenvalue weighted by Gasteiger charge is -2.36. The summed E-state index contributed by atoms with van der Waals surface area (Å²) in [5, 5.41) is 0.399. The number of aromatic nitrogens is 2. The number of hydrogen-bond donors (Lipinski definition) is 2. The van der Waals surface area contributed by atoms with Gasteiger partial charge in [-0.25, -0.2) is 4.79 Å². The second-order valence-corrected chi connectivity index (χ2v) is 8.17. The molecule has 176 valence electrons. The van der Waals surface area contributed by atoms with E-state index in [0.717, 1.165) is 44.0 Å². The Kier molecular flexibility index (Phi) is 6.88. The zero-order chi connectivity index (χ0) is 23.4. The van der Waals surface area contributed by atoms with E-state index in [0.29, 0.717) is 42.0 Å². The van der Waals surface area contributed by atoms with Gasteiger partial charge >= 0.3 is 5.69 Å². The number of hydrogen-bond acceptors (Lipinski definition) is 7. The molecule has 2 aromatic carbocycles. The molecule has 0 atom stereocenters. The van der Waals surface area contributed by atoms with Crippen molar-refractivity contribution >= 4 is 22.3 Å². The first kappa shape index (κ1) is 22.7. The Morgan fingerprint density at radius 3 is 2.52 bits per heavy atom. The molecule has 0 aliphatic carbocycles. The van der Waals surface area contributed by atoms with Crippen molar-refractivity contribution in [3.63, 3.8) is 0 Å². The maximum atomic E-state index is 13.1. The topological polar surface area (TPSA) is 106 Å². The van der Waals surface area contributed by atoms with Crippen LogP contribution in [-0.2, 0) is 6.54 Å². The van der Waals surface area contributed by atoms with Crippen LogP contribution in [0.2, 0.25) is 0 Å². The highest BCUT2D eigenvalue weighted by Crippen LogP contribution is 2.28. The number of para-hydroxylation sites is 2. The number of nitrogens with two attached hydrogens (primary N) is 1. The maximum Gasteiger partial charge on any atom is 0.328 e. The number of nitrogens with one attached hydrogen (secondary N) is 1. The molecule has 3 aromatic rings. The third-order valence-corrected chi connectivity index (χ3v) is 6.01. The van der Waals surface area contributed by atoms with Crippen molar-refractivity contribution in [2.75, 3.05) is 57.1 Å². The van der Waals surface area contributed by atoms with Gasteiger partial charge in [0.2, 0.25) is 0 Å². The van der Waals surface area contributed by atoms with Gasteiger partial charge < -0.3 is 25.1 Å². The number of aromatic amines is 1. The van der Waals surface area contributed by atoms with E-state index in [9.17, 15) is 9.59 Å². The summed E-state index contributed by atoms with van der Waals surface area (Å²) in [5.74, 6) is 1.33. The molecule has 0 unspecified atom stereocenters. The van der Waals surface area contributed by atoms with Crippen LogP contribution in [0.15, 0.2) is 46.0 Å². The molecule has 1 aliphatic rings. The van der Waals surface area contributed by atoms with Gasteiger partial charge in [-0.15, -0.1) is 0 Å². The Bertz CT molecular complexity index is 1230. The number of nitrogens with zero attached hydrogens (tertiary/aromatic N) is 3. The number of piperazine rings is 1. The van der Waals surface area contributed by atoms with Crippen LogP contribution in [0, 0.1) is 0 Å². The largest absolute Gasteiger partial charge is 0.495 e. The Morgan fingerprint density at radius 1 is 1.03 bits per heavy atom. The molecule has 0 spiro atoms. The van der Waals surface area contributed by atoms with Crippen LogP contribution in [-0.4, -0.2) is 60.9 Å². The third-order valence-electron chi connectivity index (χ3n) is 6.01. The first-order valence-corrected chi connectivity index (χ1v) is 11.3. The quantitative estimate of drug-likeness (QED) is 0.502. The summed E-state index contributed by atoms with van der Waals surface area (Å²) in [6.07, 6.45) is 0.831. The molecule has 1 saturated heterocycles. The summed E-state index contributed by atoms with van der Waals surface area (Å²) in [5.41, 5.74) is 7.17. The molecule has 9 heteroatoms. The highest BCUT2D eigenvalue weighted by Gasteiger charge is 2.20. The molecule has 2 heterocycles. The zero-order valence-electron chi connectivity index (χ0n) is 19.2. The van der Waals surface area contributed by atoms with Gasteiger partial charge in [-0.2, -0.15) is 0 Å². The van der Waals surface area contributed by atoms with E-state index >= 15 is 0 Å². The van der Waals surface area contributed by atoms with Crippen LogP contribution in [0.3, 0.4) is 0 Å². The summed E-state index contributed by atoms with van der Waals surface area (Å²) >= 11 is 0. The lowest BCUT2D eigenvalue weighted by Crippen LogP contribution is -2.48. The molecule has 0 saturated carbocycles. The van der Waals surface area contributed by atoms with E-state index in [-0.39, 0.29) is 5.56 Å². The highest BCUT2D eigenvalue weighted by molar-refractivity contribution is 5.84. The second-order valence-electron chi connectivity index (χ2n) is 8.17. The Balaban J connectivity index is 1.46. The smallest absolute Gasteiger partial charge is 0.328 e. The average Bonchev–Trinajstić information content (AvgIpc) is 2.83. The lowest BCUT2D eigenvalue weighted by molar-refractivity contribution is 0.245. The number of rotatable bonds is 8. The van der Waals surface area contributed by atoms with Gasteiger partial charge in [-0.05, 0) is 30.7 Å². The van der Waals surface area contributed by atoms with Gasteiger partial charge in [0.1, 0.15) is 11.5 Å². The number of benzene rings is 2. The second kappa shape index (κ2) is 9.99. The van der Waals surface area contributed by atoms with Crippen molar-refractivity contribution < 1.29 is 9.47 Å². The van der Waals surface area contributed by atoms with Gasteiger partial charge in [-0.1, -0.05) is 19.1 Å². The Labute approximate surface area is 192 Å². The minimum absolute atomic E-state index is 0.314. The predicted molar refractivity (Wildman–Crippen MR) is 131 cm³/mol. The van der Waals surface area contributed by atoms with Crippen molar-refractivity contribution in [1.82, 2.24) is 14.5 Å². The number of nitrogen functional groups attached to an aromatic ring is 1. The third kappa shape index (κ3) is 4.83. The summed E-state index contributed by atoms with van der Waals surface area (Å²) in [7, 11) is 1.68. The van der Waals surface area contributed by atoms with Gasteiger partial charge in [0, 0.05) is 39.3 Å². The number of ether oxygens (including phenoxy) is 2. The van der Waals surface area contributed by atoms with Gasteiger partial charge in [-0.3, -0.25) is 14.3 Å². The van der Waals surface area contributed by atoms with Crippen molar-refractivity contribution in [1.29, 1.82) is 0 Å². The summed E-state index contributed by atoms with van der Waals surface area (Å²) in [6.45, 7) is 6.80. The standard InChI is InChI=1S/C24H31N5O4/c1-3-14-33-22-15-17-19(16-18(22)25)26-24(31)29(23(17)30)13-10-27-8-11-28(12-9-27)20-6-4-5-7-21(20)32-2/h4-7,15-16H,3,8-14,25H2,1-2H3,(H,26,31). The molecule has 1 fully saturated rings. The van der Waals surface area contributed by atoms with Gasteiger partial charge in [0.15, 0.2) is 0 Å². The Morgan fingerprint density at radius 2 is 1.79 bits per heavy atom. The molecule has 4 rings (SSSR count). The number of methoxy groups -OCH3 is 1. The molecule has 0 amide bonds. The fraction of sp³-hybridized carbons (Fsp3) is 0.417. The minimum Gasteiger partial charge on any atom is -0.495 e. The highest BCUT2D eigenvalue weighted by atomic mass is 16.5. The molecule has 33 heavy (non-hydrogen) atoms. The van der Waals surface area contributed by atoms with Gasteiger partial charge in [0.25, 0.3) is 5.56 Å². The van der Waals surface area contributed by atoms with Crippen LogP contribution in [0.4, 0.5) is 11.4 Å². The van der Waals surface area contributed by atoms with E-state index in [1.54, 1.807) is 19.2 Å². The molecular weight excluding hydrogens is 422 g/mol. The predicted octanol–water partition coefficient (Wildman–Crippen LogP) is 1.89. The zero-order valence-corrected chi connectivity index (χ0v) is 19.2. The maximum absolute atomic E-state index is 13.1. The summed E-state index contributed by atoms with van der Waals surface area (Å²) in [4.78, 5) is 33.0. The monoisotopic (exact) mass is 453 g/mol. The number of H-pyrrole nitrogens is 1. The van der Waals surface area contributed by atoms with Crippen LogP contribution in [0.1, 0.15) is 13.3 Å². The number of fused-ring (bicyclic) bond motifs is 1. The lowest BCUT2D eigenvalue weighted by atomic mass is 10.2. The van der Waals surface area contributed by atoms with E-state index in [4.69, 9.17) is 15.2 Å². The van der Waals surface area contributed by atoms with E-state index < -0.39 is 5.69 Å². The minimum atomic E-state index is -0.429. The van der Waals surface area contributed by atoms with E-state index in [1.165, 1.54) is 4.57 Å². The normalized spacial score (nSPS) is 14.5. The fourth-order valence-corrected chi connectivity index (χ4v) is 4.18. The molecule has 1 aromatic heterocycles. The van der Waals surface area contributed by atoms with Crippen molar-refractivity contribution in [2.24, 2.45) is 0 Å². The molecule has 9 nitrogen and oxygen atoms in total. The van der Waals surface area contributed by atoms with Crippen LogP contribution < -0.4 is 31.4 Å². The van der Waals surface area contributed by atoms with Crippen LogP contribution in [0.25, 0.3) is 10.9 Å². The van der Waals surface area contributed by atoms with Crippen molar-refractivity contribution in [2.45, 2.75) is 19.9 Å². The van der Waals surface area contributed by atoms with Gasteiger partial charge in [0.05, 0.1) is 36.0 Å². The number of anilines is 2. The first-order chi connectivity index (χ1) is 16.0. The van der Waals surface area contributed by atoms with Crippen molar-refractivity contribution in [3.8, 4) is 11.5 Å². The SMILES string of the molecule is CCCOc1cc2c(=O)n(CCN3CCN(c4ccccc4OC)CC3)c(=O)[nH]c2cc1N. The summed E-state index contributed by atoms with van der Waals surface area (Å²) in [6, 6.07) is 11.2. The molecular formula is C24H31N5O4. The first-order valence-electron chi connectivity index (χ1n) is 11.3. The molecule has 1 aliphatic heterocycles. The average molecular weight is 454 g/mol. The Hall–Kier alpha value is -3.46. The van der Waals surface area contributed by atoms with Crippen molar-refractivity contribution in [3.05, 3.63) is 57.2 Å². The summed E-state index contributed by atoms with van der Waals surface area (Å²) < 4.78 is 12.4.